The summed E-state index contributed by atoms with van der Waals surface area (Å²) in [6.45, 7) is 1.32. The van der Waals surface area contributed by atoms with Crippen molar-refractivity contribution in [1.29, 1.82) is 0 Å². The van der Waals surface area contributed by atoms with Crippen molar-refractivity contribution in [1.82, 2.24) is 9.55 Å². The largest absolute Gasteiger partial charge is 0.494 e. The zero-order chi connectivity index (χ0) is 17.6. The third-order valence-electron chi connectivity index (χ3n) is 3.92. The van der Waals surface area contributed by atoms with Gasteiger partial charge in [0.1, 0.15) is 5.75 Å². The van der Waals surface area contributed by atoms with Gasteiger partial charge >= 0.3 is 0 Å². The molecular formula is C19H17Cl3N2O. The Balaban J connectivity index is 1.72. The van der Waals surface area contributed by atoms with E-state index in [0.29, 0.717) is 21.7 Å². The highest BCUT2D eigenvalue weighted by Gasteiger charge is 2.16. The Morgan fingerprint density at radius 3 is 2.60 bits per heavy atom. The van der Waals surface area contributed by atoms with Gasteiger partial charge in [-0.25, -0.2) is 4.98 Å². The number of imidazole rings is 1. The van der Waals surface area contributed by atoms with E-state index in [0.717, 1.165) is 24.3 Å². The van der Waals surface area contributed by atoms with Gasteiger partial charge in [0.25, 0.3) is 0 Å². The summed E-state index contributed by atoms with van der Waals surface area (Å²) in [5.74, 6) is 0.939. The fourth-order valence-electron chi connectivity index (χ4n) is 2.70. The van der Waals surface area contributed by atoms with Crippen molar-refractivity contribution in [3.05, 3.63) is 81.8 Å². The summed E-state index contributed by atoms with van der Waals surface area (Å²) in [6, 6.07) is 13.0. The molecular weight excluding hydrogens is 379 g/mol. The molecule has 1 unspecified atom stereocenters. The van der Waals surface area contributed by atoms with Crippen molar-refractivity contribution in [3.8, 4) is 5.75 Å². The molecule has 25 heavy (non-hydrogen) atoms. The van der Waals surface area contributed by atoms with Crippen LogP contribution in [-0.2, 0) is 6.54 Å². The molecule has 1 heterocycles. The average molecular weight is 396 g/mol. The second kappa shape index (κ2) is 8.61. The lowest BCUT2D eigenvalue weighted by Crippen LogP contribution is -2.12. The summed E-state index contributed by atoms with van der Waals surface area (Å²) in [4.78, 5) is 4.11. The van der Waals surface area contributed by atoms with Crippen LogP contribution < -0.4 is 4.74 Å². The molecule has 0 aliphatic heterocycles. The highest BCUT2D eigenvalue weighted by molar-refractivity contribution is 6.35. The minimum Gasteiger partial charge on any atom is -0.494 e. The van der Waals surface area contributed by atoms with Crippen molar-refractivity contribution in [2.45, 2.75) is 18.9 Å². The van der Waals surface area contributed by atoms with Crippen molar-refractivity contribution < 1.29 is 4.74 Å². The number of rotatable bonds is 7. The molecule has 2 aromatic carbocycles. The molecule has 3 aromatic rings. The van der Waals surface area contributed by atoms with E-state index >= 15 is 0 Å². The van der Waals surface area contributed by atoms with Gasteiger partial charge < -0.3 is 9.30 Å². The quantitative estimate of drug-likeness (QED) is 0.483. The van der Waals surface area contributed by atoms with E-state index in [4.69, 9.17) is 39.5 Å². The zero-order valence-corrected chi connectivity index (χ0v) is 15.7. The fraction of sp³-hybridized carbons (Fsp3) is 0.211. The minimum absolute atomic E-state index is 0.179. The van der Waals surface area contributed by atoms with Gasteiger partial charge in [-0.1, -0.05) is 46.9 Å². The molecule has 0 N–H and O–H groups in total. The van der Waals surface area contributed by atoms with Crippen LogP contribution in [0.4, 0.5) is 0 Å². The van der Waals surface area contributed by atoms with Crippen molar-refractivity contribution in [2.24, 2.45) is 0 Å². The molecule has 0 radical (unpaired) electrons. The molecule has 0 amide bonds. The Morgan fingerprint density at radius 2 is 1.88 bits per heavy atom. The summed E-state index contributed by atoms with van der Waals surface area (Å²) < 4.78 is 7.88. The SMILES string of the molecule is Clc1cccc(OCCC(Cn2ccnc2)c2ccc(Cl)cc2Cl)c1. The van der Waals surface area contributed by atoms with Gasteiger partial charge in [-0.2, -0.15) is 0 Å². The van der Waals surface area contributed by atoms with Gasteiger partial charge in [0.05, 0.1) is 12.9 Å². The van der Waals surface area contributed by atoms with E-state index in [1.54, 1.807) is 18.6 Å². The number of ether oxygens (including phenoxy) is 1. The molecule has 0 aliphatic rings. The molecule has 1 aromatic heterocycles. The first-order valence-electron chi connectivity index (χ1n) is 7.91. The van der Waals surface area contributed by atoms with Gasteiger partial charge in [-0.05, 0) is 42.3 Å². The van der Waals surface area contributed by atoms with Crippen LogP contribution in [0.5, 0.6) is 5.75 Å². The molecule has 1 atom stereocenters. The Kier molecular flexibility index (Phi) is 6.24. The summed E-state index contributed by atoms with van der Waals surface area (Å²) in [6.07, 6.45) is 6.30. The topological polar surface area (TPSA) is 27.1 Å². The van der Waals surface area contributed by atoms with Crippen LogP contribution in [0.2, 0.25) is 15.1 Å². The lowest BCUT2D eigenvalue weighted by molar-refractivity contribution is 0.291. The van der Waals surface area contributed by atoms with Gasteiger partial charge in [-0.15, -0.1) is 0 Å². The highest BCUT2D eigenvalue weighted by Crippen LogP contribution is 2.31. The van der Waals surface area contributed by atoms with Crippen molar-refractivity contribution in [3.63, 3.8) is 0 Å². The van der Waals surface area contributed by atoms with Gasteiger partial charge in [0.2, 0.25) is 0 Å². The molecule has 0 fully saturated rings. The lowest BCUT2D eigenvalue weighted by atomic mass is 9.95. The first-order chi connectivity index (χ1) is 12.1. The average Bonchev–Trinajstić information content (AvgIpc) is 3.07. The van der Waals surface area contributed by atoms with Crippen molar-refractivity contribution in [2.75, 3.05) is 6.61 Å². The number of nitrogens with zero attached hydrogens (tertiary/aromatic N) is 2. The predicted octanol–water partition coefficient (Wildman–Crippen LogP) is 6.10. The smallest absolute Gasteiger partial charge is 0.120 e. The maximum atomic E-state index is 6.41. The Bertz CT molecular complexity index is 821. The third-order valence-corrected chi connectivity index (χ3v) is 4.72. The van der Waals surface area contributed by atoms with Crippen LogP contribution in [0, 0.1) is 0 Å². The summed E-state index contributed by atoms with van der Waals surface area (Å²) >= 11 is 18.4. The van der Waals surface area contributed by atoms with Crippen LogP contribution in [0.25, 0.3) is 0 Å². The van der Waals surface area contributed by atoms with Gasteiger partial charge in [-0.3, -0.25) is 0 Å². The number of aromatic nitrogens is 2. The molecule has 3 rings (SSSR count). The maximum absolute atomic E-state index is 6.41. The Labute approximate surface area is 162 Å². The van der Waals surface area contributed by atoms with Gasteiger partial charge in [0, 0.05) is 39.9 Å². The molecule has 130 valence electrons. The van der Waals surface area contributed by atoms with Crippen LogP contribution in [0.1, 0.15) is 17.9 Å². The first kappa shape index (κ1) is 18.1. The molecule has 6 heteroatoms. The zero-order valence-electron chi connectivity index (χ0n) is 13.4. The normalized spacial score (nSPS) is 12.1. The second-order valence-electron chi connectivity index (χ2n) is 5.72. The van der Waals surface area contributed by atoms with Crippen LogP contribution in [0.3, 0.4) is 0 Å². The maximum Gasteiger partial charge on any atom is 0.120 e. The molecule has 0 spiro atoms. The molecule has 0 saturated heterocycles. The van der Waals surface area contributed by atoms with E-state index in [2.05, 4.69) is 4.98 Å². The standard InChI is InChI=1S/C19H17Cl3N2O/c20-15-2-1-3-17(10-15)25-9-6-14(12-24-8-7-23-13-24)18-5-4-16(21)11-19(18)22/h1-5,7-8,10-11,13-14H,6,9,12H2. The summed E-state index contributed by atoms with van der Waals surface area (Å²) in [5.41, 5.74) is 1.05. The second-order valence-corrected chi connectivity index (χ2v) is 7.00. The number of benzene rings is 2. The number of halogens is 3. The van der Waals surface area contributed by atoms with E-state index in [-0.39, 0.29) is 5.92 Å². The first-order valence-corrected chi connectivity index (χ1v) is 9.04. The fourth-order valence-corrected chi connectivity index (χ4v) is 3.45. The number of hydrogen-bond donors (Lipinski definition) is 0. The third kappa shape index (κ3) is 5.15. The van der Waals surface area contributed by atoms with E-state index in [1.165, 1.54) is 0 Å². The molecule has 0 saturated carbocycles. The Hall–Kier alpha value is -1.68. The van der Waals surface area contributed by atoms with Gasteiger partial charge in [0.15, 0.2) is 0 Å². The van der Waals surface area contributed by atoms with E-state index < -0.39 is 0 Å². The molecule has 0 bridgehead atoms. The lowest BCUT2D eigenvalue weighted by Gasteiger charge is -2.20. The van der Waals surface area contributed by atoms with E-state index in [1.807, 2.05) is 47.2 Å². The summed E-state index contributed by atoms with van der Waals surface area (Å²) in [7, 11) is 0. The summed E-state index contributed by atoms with van der Waals surface area (Å²) in [5, 5.41) is 1.96. The number of hydrogen-bond acceptors (Lipinski definition) is 2. The predicted molar refractivity (Wildman–Crippen MR) is 103 cm³/mol. The van der Waals surface area contributed by atoms with Crippen LogP contribution in [0.15, 0.2) is 61.2 Å². The Morgan fingerprint density at radius 1 is 1.04 bits per heavy atom. The minimum atomic E-state index is 0.179. The van der Waals surface area contributed by atoms with Crippen LogP contribution >= 0.6 is 34.8 Å². The molecule has 0 aliphatic carbocycles. The molecule has 3 nitrogen and oxygen atoms in total. The van der Waals surface area contributed by atoms with Crippen LogP contribution in [-0.4, -0.2) is 16.2 Å². The monoisotopic (exact) mass is 394 g/mol. The van der Waals surface area contributed by atoms with Crippen molar-refractivity contribution >= 4 is 34.8 Å². The highest BCUT2D eigenvalue weighted by atomic mass is 35.5. The van der Waals surface area contributed by atoms with E-state index in [9.17, 15) is 0 Å².